The average molecular weight is 318 g/mol. The molecular formula is C17H18O6. The second kappa shape index (κ2) is 7.00. The molecule has 0 aliphatic heterocycles. The normalized spacial score (nSPS) is 11.8. The van der Waals surface area contributed by atoms with Gasteiger partial charge in [-0.3, -0.25) is 4.79 Å². The van der Waals surface area contributed by atoms with Gasteiger partial charge in [-0.15, -0.1) is 0 Å². The van der Waals surface area contributed by atoms with Crippen LogP contribution in [0.1, 0.15) is 29.2 Å². The van der Waals surface area contributed by atoms with Crippen LogP contribution in [0, 0.1) is 6.92 Å². The number of hydrogen-bond donors (Lipinski definition) is 1. The van der Waals surface area contributed by atoms with Crippen molar-refractivity contribution in [1.82, 2.24) is 0 Å². The Hall–Kier alpha value is -2.76. The zero-order valence-electron chi connectivity index (χ0n) is 13.2. The molecule has 0 spiro atoms. The maximum Gasteiger partial charge on any atom is 0.343 e. The fourth-order valence-corrected chi connectivity index (χ4v) is 2.40. The molecule has 2 aromatic rings. The lowest BCUT2D eigenvalue weighted by Gasteiger charge is -2.17. The molecule has 0 unspecified atom stereocenters. The number of carbonyl (C=O) groups is 1. The van der Waals surface area contributed by atoms with Crippen molar-refractivity contribution >= 4 is 5.97 Å². The van der Waals surface area contributed by atoms with Gasteiger partial charge >= 0.3 is 11.6 Å². The number of hydrogen-bond acceptors (Lipinski definition) is 6. The van der Waals surface area contributed by atoms with Crippen molar-refractivity contribution in [3.8, 4) is 11.5 Å². The van der Waals surface area contributed by atoms with E-state index in [1.807, 2.05) is 0 Å². The van der Waals surface area contributed by atoms with Gasteiger partial charge in [-0.05, 0) is 24.6 Å². The molecule has 0 saturated heterocycles. The highest BCUT2D eigenvalue weighted by molar-refractivity contribution is 5.71. The molecule has 122 valence electrons. The van der Waals surface area contributed by atoms with E-state index in [9.17, 15) is 14.7 Å². The molecule has 6 nitrogen and oxygen atoms in total. The lowest BCUT2D eigenvalue weighted by molar-refractivity contribution is -0.140. The molecule has 0 amide bonds. The standard InChI is InChI=1S/C17H18O6/c1-10-8-14(18)16(17(20)23-10)13(9-15(19)22-3)11-4-6-12(21-2)7-5-11/h4-8,13,18H,9H2,1-3H3/t13-/m0/s1. The lowest BCUT2D eigenvalue weighted by Crippen LogP contribution is -2.18. The minimum absolute atomic E-state index is 0.0335. The van der Waals surface area contributed by atoms with E-state index >= 15 is 0 Å². The van der Waals surface area contributed by atoms with E-state index in [4.69, 9.17) is 13.9 Å². The molecule has 1 atom stereocenters. The summed E-state index contributed by atoms with van der Waals surface area (Å²) in [6.45, 7) is 1.56. The van der Waals surface area contributed by atoms with Crippen LogP contribution in [0.25, 0.3) is 0 Å². The van der Waals surface area contributed by atoms with Gasteiger partial charge in [0.15, 0.2) is 0 Å². The van der Waals surface area contributed by atoms with Gasteiger partial charge in [0.1, 0.15) is 17.3 Å². The number of benzene rings is 1. The van der Waals surface area contributed by atoms with Crippen molar-refractivity contribution in [1.29, 1.82) is 0 Å². The molecule has 0 aliphatic carbocycles. The molecule has 0 bridgehead atoms. The van der Waals surface area contributed by atoms with Crippen molar-refractivity contribution in [3.63, 3.8) is 0 Å². The van der Waals surface area contributed by atoms with Gasteiger partial charge < -0.3 is 19.0 Å². The van der Waals surface area contributed by atoms with Crippen molar-refractivity contribution in [3.05, 3.63) is 57.6 Å². The van der Waals surface area contributed by atoms with Gasteiger partial charge in [-0.2, -0.15) is 0 Å². The number of carbonyl (C=O) groups excluding carboxylic acids is 1. The second-order valence-electron chi connectivity index (χ2n) is 5.05. The highest BCUT2D eigenvalue weighted by atomic mass is 16.5. The number of aryl methyl sites for hydroxylation is 1. The number of rotatable bonds is 5. The van der Waals surface area contributed by atoms with Crippen molar-refractivity contribution in [2.75, 3.05) is 14.2 Å². The third-order valence-electron chi connectivity index (χ3n) is 3.55. The first-order valence-electron chi connectivity index (χ1n) is 7.00. The molecule has 0 fully saturated rings. The molecule has 6 heteroatoms. The smallest absolute Gasteiger partial charge is 0.343 e. The summed E-state index contributed by atoms with van der Waals surface area (Å²) in [5, 5.41) is 10.2. The largest absolute Gasteiger partial charge is 0.507 e. The Kier molecular flexibility index (Phi) is 5.05. The molecule has 0 aliphatic rings. The first kappa shape index (κ1) is 16.6. The van der Waals surface area contributed by atoms with E-state index in [0.29, 0.717) is 17.1 Å². The van der Waals surface area contributed by atoms with Crippen LogP contribution in [-0.2, 0) is 9.53 Å². The molecule has 0 saturated carbocycles. The number of esters is 1. The number of aromatic hydroxyl groups is 1. The summed E-state index contributed by atoms with van der Waals surface area (Å²) in [6.07, 6.45) is -0.0930. The topological polar surface area (TPSA) is 86.0 Å². The van der Waals surface area contributed by atoms with Crippen LogP contribution in [0.15, 0.2) is 39.5 Å². The lowest BCUT2D eigenvalue weighted by atomic mass is 9.89. The minimum atomic E-state index is -0.676. The van der Waals surface area contributed by atoms with Crippen LogP contribution in [0.3, 0.4) is 0 Å². The van der Waals surface area contributed by atoms with Crippen LogP contribution in [0.4, 0.5) is 0 Å². The Labute approximate surface area is 133 Å². The highest BCUT2D eigenvalue weighted by Gasteiger charge is 2.26. The summed E-state index contributed by atoms with van der Waals surface area (Å²) in [7, 11) is 2.81. The Bertz CT molecular complexity index is 745. The minimum Gasteiger partial charge on any atom is -0.507 e. The summed E-state index contributed by atoms with van der Waals surface area (Å²) in [6, 6.07) is 8.24. The van der Waals surface area contributed by atoms with E-state index < -0.39 is 17.5 Å². The molecule has 23 heavy (non-hydrogen) atoms. The fourth-order valence-electron chi connectivity index (χ4n) is 2.40. The van der Waals surface area contributed by atoms with Gasteiger partial charge in [-0.25, -0.2) is 4.79 Å². The van der Waals surface area contributed by atoms with Crippen LogP contribution in [0.5, 0.6) is 11.5 Å². The SMILES string of the molecule is COC(=O)C[C@@H](c1ccc(OC)cc1)c1c(O)cc(C)oc1=O. The molecule has 1 heterocycles. The summed E-state index contributed by atoms with van der Waals surface area (Å²) in [5.41, 5.74) is 0.0287. The van der Waals surface area contributed by atoms with Crippen LogP contribution in [-0.4, -0.2) is 25.3 Å². The summed E-state index contributed by atoms with van der Waals surface area (Å²) >= 11 is 0. The Morgan fingerprint density at radius 2 is 1.91 bits per heavy atom. The van der Waals surface area contributed by atoms with E-state index in [-0.39, 0.29) is 17.7 Å². The zero-order chi connectivity index (χ0) is 17.0. The molecule has 1 aromatic carbocycles. The van der Waals surface area contributed by atoms with Crippen molar-refractivity contribution in [2.24, 2.45) is 0 Å². The van der Waals surface area contributed by atoms with Crippen molar-refractivity contribution < 1.29 is 23.8 Å². The second-order valence-corrected chi connectivity index (χ2v) is 5.05. The predicted molar refractivity (Wildman–Crippen MR) is 82.8 cm³/mol. The van der Waals surface area contributed by atoms with Gasteiger partial charge in [0.05, 0.1) is 26.2 Å². The Balaban J connectivity index is 2.54. The Morgan fingerprint density at radius 3 is 2.43 bits per heavy atom. The van der Waals surface area contributed by atoms with E-state index in [0.717, 1.165) is 0 Å². The van der Waals surface area contributed by atoms with Crippen molar-refractivity contribution in [2.45, 2.75) is 19.3 Å². The van der Waals surface area contributed by atoms with Crippen LogP contribution < -0.4 is 10.4 Å². The molecule has 0 radical (unpaired) electrons. The summed E-state index contributed by atoms with van der Waals surface area (Å²) in [4.78, 5) is 23.9. The first-order valence-corrected chi connectivity index (χ1v) is 7.00. The summed E-state index contributed by atoms with van der Waals surface area (Å²) in [5.74, 6) is -0.438. The van der Waals surface area contributed by atoms with E-state index in [2.05, 4.69) is 0 Å². The molecule has 1 N–H and O–H groups in total. The summed E-state index contributed by atoms with van der Waals surface area (Å²) < 4.78 is 14.9. The number of ether oxygens (including phenoxy) is 2. The third kappa shape index (κ3) is 3.71. The average Bonchev–Trinajstić information content (AvgIpc) is 2.53. The van der Waals surface area contributed by atoms with Gasteiger partial charge in [0.2, 0.25) is 0 Å². The maximum absolute atomic E-state index is 12.2. The predicted octanol–water partition coefficient (Wildman–Crippen LogP) is 2.36. The Morgan fingerprint density at radius 1 is 1.26 bits per heavy atom. The molecule has 2 rings (SSSR count). The number of methoxy groups -OCH3 is 2. The zero-order valence-corrected chi connectivity index (χ0v) is 13.2. The van der Waals surface area contributed by atoms with Gasteiger partial charge in [0, 0.05) is 12.0 Å². The van der Waals surface area contributed by atoms with Crippen LogP contribution in [0.2, 0.25) is 0 Å². The van der Waals surface area contributed by atoms with Gasteiger partial charge in [0.25, 0.3) is 0 Å². The monoisotopic (exact) mass is 318 g/mol. The molecule has 1 aromatic heterocycles. The highest BCUT2D eigenvalue weighted by Crippen LogP contribution is 2.33. The molecular weight excluding hydrogens is 300 g/mol. The maximum atomic E-state index is 12.2. The quantitative estimate of drug-likeness (QED) is 0.852. The first-order chi connectivity index (χ1) is 11.0. The van der Waals surface area contributed by atoms with E-state index in [1.165, 1.54) is 13.2 Å². The fraction of sp³-hybridized carbons (Fsp3) is 0.294. The van der Waals surface area contributed by atoms with E-state index in [1.54, 1.807) is 38.3 Å². The van der Waals surface area contributed by atoms with Crippen LogP contribution >= 0.6 is 0 Å². The van der Waals surface area contributed by atoms with Gasteiger partial charge in [-0.1, -0.05) is 12.1 Å². The third-order valence-corrected chi connectivity index (χ3v) is 3.55.